The predicted molar refractivity (Wildman–Crippen MR) is 71.7 cm³/mol. The summed E-state index contributed by atoms with van der Waals surface area (Å²) in [5.41, 5.74) is 2.46. The molecule has 2 nitrogen and oxygen atoms in total. The summed E-state index contributed by atoms with van der Waals surface area (Å²) in [5, 5.41) is 9.71. The van der Waals surface area contributed by atoms with Crippen molar-refractivity contribution >= 4 is 21.6 Å². The molecule has 0 heterocycles. The van der Waals surface area contributed by atoms with Gasteiger partial charge in [-0.25, -0.2) is 0 Å². The van der Waals surface area contributed by atoms with E-state index in [0.717, 1.165) is 18.4 Å². The number of halogens is 1. The number of alkyl halides is 1. The van der Waals surface area contributed by atoms with Crippen LogP contribution in [0.1, 0.15) is 19.4 Å². The highest BCUT2D eigenvalue weighted by Gasteiger charge is 2.08. The predicted octanol–water partition coefficient (Wildman–Crippen LogP) is 3.57. The maximum absolute atomic E-state index is 8.83. The zero-order valence-corrected chi connectivity index (χ0v) is 11.4. The summed E-state index contributed by atoms with van der Waals surface area (Å²) in [6, 6.07) is 10.7. The molecule has 3 heteroatoms. The Bertz CT molecular complexity index is 353. The van der Waals surface area contributed by atoms with Crippen molar-refractivity contribution in [3.63, 3.8) is 0 Å². The van der Waals surface area contributed by atoms with Gasteiger partial charge in [0.05, 0.1) is 12.0 Å². The maximum atomic E-state index is 8.83. The zero-order chi connectivity index (χ0) is 12.0. The molecule has 1 rings (SSSR count). The third-order valence-corrected chi connectivity index (χ3v) is 3.20. The lowest BCUT2D eigenvalue weighted by Crippen LogP contribution is -2.27. The van der Waals surface area contributed by atoms with Crippen LogP contribution in [0.5, 0.6) is 0 Å². The van der Waals surface area contributed by atoms with Crippen molar-refractivity contribution in [1.82, 2.24) is 0 Å². The quantitative estimate of drug-likeness (QED) is 0.771. The maximum Gasteiger partial charge on any atom is 0.0671 e. The Balaban J connectivity index is 2.75. The Labute approximate surface area is 106 Å². The number of hydrogen-bond donors (Lipinski definition) is 0. The van der Waals surface area contributed by atoms with Crippen LogP contribution in [0.2, 0.25) is 0 Å². The summed E-state index contributed by atoms with van der Waals surface area (Å²) in [5.74, 6) is 0.0656. The average Bonchev–Trinajstić information content (AvgIpc) is 2.35. The third kappa shape index (κ3) is 3.53. The van der Waals surface area contributed by atoms with Crippen molar-refractivity contribution in [2.24, 2.45) is 5.92 Å². The minimum Gasteiger partial charge on any atom is -0.371 e. The minimum absolute atomic E-state index is 0.0656. The van der Waals surface area contributed by atoms with Gasteiger partial charge in [-0.1, -0.05) is 28.1 Å². The Kier molecular flexibility index (Phi) is 5.34. The summed E-state index contributed by atoms with van der Waals surface area (Å²) in [4.78, 5) is 2.23. The highest BCUT2D eigenvalue weighted by atomic mass is 79.9. The van der Waals surface area contributed by atoms with E-state index in [1.807, 2.05) is 6.92 Å². The molecule has 0 N–H and O–H groups in total. The molecule has 0 amide bonds. The Morgan fingerprint density at radius 1 is 1.38 bits per heavy atom. The van der Waals surface area contributed by atoms with E-state index in [2.05, 4.69) is 58.1 Å². The molecule has 0 bridgehead atoms. The van der Waals surface area contributed by atoms with Crippen LogP contribution in [0.15, 0.2) is 24.3 Å². The van der Waals surface area contributed by atoms with Crippen LogP contribution in [0, 0.1) is 17.2 Å². The molecule has 1 aromatic rings. The summed E-state index contributed by atoms with van der Waals surface area (Å²) >= 11 is 3.43. The van der Waals surface area contributed by atoms with Gasteiger partial charge in [0.25, 0.3) is 0 Å². The van der Waals surface area contributed by atoms with Gasteiger partial charge in [0, 0.05) is 24.1 Å². The fraction of sp³-hybridized carbons (Fsp3) is 0.462. The van der Waals surface area contributed by atoms with Gasteiger partial charge in [-0.15, -0.1) is 0 Å². The van der Waals surface area contributed by atoms with Gasteiger partial charge in [0.2, 0.25) is 0 Å². The van der Waals surface area contributed by atoms with Gasteiger partial charge in [0.1, 0.15) is 0 Å². The number of nitrogens with zero attached hydrogens (tertiary/aromatic N) is 2. The van der Waals surface area contributed by atoms with Crippen LogP contribution >= 0.6 is 15.9 Å². The standard InChI is InChI=1S/C13H17BrN2/c1-3-16(10-11(2)9-15)13-6-4-12(8-14)5-7-13/h4-7,11H,3,8,10H2,1-2H3. The van der Waals surface area contributed by atoms with E-state index in [0.29, 0.717) is 0 Å². The van der Waals surface area contributed by atoms with Crippen molar-refractivity contribution in [2.45, 2.75) is 19.2 Å². The highest BCUT2D eigenvalue weighted by molar-refractivity contribution is 9.08. The van der Waals surface area contributed by atoms with Gasteiger partial charge in [-0.05, 0) is 31.5 Å². The van der Waals surface area contributed by atoms with Crippen molar-refractivity contribution in [2.75, 3.05) is 18.0 Å². The van der Waals surface area contributed by atoms with Crippen LogP contribution in [-0.2, 0) is 5.33 Å². The molecule has 0 aliphatic rings. The van der Waals surface area contributed by atoms with E-state index < -0.39 is 0 Å². The number of rotatable bonds is 5. The summed E-state index contributed by atoms with van der Waals surface area (Å²) < 4.78 is 0. The molecule has 0 spiro atoms. The third-order valence-electron chi connectivity index (χ3n) is 2.55. The molecule has 1 atom stereocenters. The SMILES string of the molecule is CCN(CC(C)C#N)c1ccc(CBr)cc1. The smallest absolute Gasteiger partial charge is 0.0671 e. The average molecular weight is 281 g/mol. The molecule has 0 fully saturated rings. The molecule has 0 radical (unpaired) electrons. The van der Waals surface area contributed by atoms with E-state index in [1.165, 1.54) is 11.3 Å². The number of benzene rings is 1. The monoisotopic (exact) mass is 280 g/mol. The van der Waals surface area contributed by atoms with Crippen molar-refractivity contribution in [1.29, 1.82) is 5.26 Å². The van der Waals surface area contributed by atoms with Crippen LogP contribution in [0.3, 0.4) is 0 Å². The Hall–Kier alpha value is -1.01. The van der Waals surface area contributed by atoms with Crippen LogP contribution in [-0.4, -0.2) is 13.1 Å². The van der Waals surface area contributed by atoms with Crippen LogP contribution in [0.25, 0.3) is 0 Å². The molecule has 16 heavy (non-hydrogen) atoms. The van der Waals surface area contributed by atoms with Gasteiger partial charge in [-0.3, -0.25) is 0 Å². The second kappa shape index (κ2) is 6.55. The lowest BCUT2D eigenvalue weighted by Gasteiger charge is -2.24. The minimum atomic E-state index is 0.0656. The fourth-order valence-corrected chi connectivity index (χ4v) is 1.96. The van der Waals surface area contributed by atoms with E-state index in [1.54, 1.807) is 0 Å². The van der Waals surface area contributed by atoms with Crippen molar-refractivity contribution in [3.05, 3.63) is 29.8 Å². The summed E-state index contributed by atoms with van der Waals surface area (Å²) in [6.45, 7) is 5.79. The molecule has 0 saturated carbocycles. The molecule has 0 saturated heterocycles. The first-order valence-electron chi connectivity index (χ1n) is 5.50. The Morgan fingerprint density at radius 2 is 2.00 bits per heavy atom. The lowest BCUT2D eigenvalue weighted by atomic mass is 10.1. The first-order chi connectivity index (χ1) is 7.71. The van der Waals surface area contributed by atoms with Gasteiger partial charge >= 0.3 is 0 Å². The van der Waals surface area contributed by atoms with Crippen LogP contribution in [0.4, 0.5) is 5.69 Å². The molecule has 0 aliphatic heterocycles. The molecular weight excluding hydrogens is 264 g/mol. The van der Waals surface area contributed by atoms with E-state index in [4.69, 9.17) is 5.26 Å². The topological polar surface area (TPSA) is 27.0 Å². The van der Waals surface area contributed by atoms with Gasteiger partial charge in [-0.2, -0.15) is 5.26 Å². The zero-order valence-electron chi connectivity index (χ0n) is 9.78. The lowest BCUT2D eigenvalue weighted by molar-refractivity contribution is 0.686. The molecule has 1 aromatic carbocycles. The van der Waals surface area contributed by atoms with Crippen molar-refractivity contribution in [3.8, 4) is 6.07 Å². The largest absolute Gasteiger partial charge is 0.371 e. The summed E-state index contributed by atoms with van der Waals surface area (Å²) in [6.07, 6.45) is 0. The second-order valence-corrected chi connectivity index (χ2v) is 4.43. The van der Waals surface area contributed by atoms with Gasteiger partial charge in [0.15, 0.2) is 0 Å². The Morgan fingerprint density at radius 3 is 2.44 bits per heavy atom. The molecule has 1 unspecified atom stereocenters. The van der Waals surface area contributed by atoms with Gasteiger partial charge < -0.3 is 4.90 Å². The van der Waals surface area contributed by atoms with Crippen molar-refractivity contribution < 1.29 is 0 Å². The summed E-state index contributed by atoms with van der Waals surface area (Å²) in [7, 11) is 0. The normalized spacial score (nSPS) is 11.9. The van der Waals surface area contributed by atoms with E-state index in [9.17, 15) is 0 Å². The molecule has 86 valence electrons. The fourth-order valence-electron chi connectivity index (χ4n) is 1.58. The molecule has 0 aliphatic carbocycles. The molecule has 0 aromatic heterocycles. The first-order valence-corrected chi connectivity index (χ1v) is 6.62. The van der Waals surface area contributed by atoms with Crippen LogP contribution < -0.4 is 4.90 Å². The second-order valence-electron chi connectivity index (χ2n) is 3.87. The number of hydrogen-bond acceptors (Lipinski definition) is 2. The number of anilines is 1. The highest BCUT2D eigenvalue weighted by Crippen LogP contribution is 2.17. The van der Waals surface area contributed by atoms with E-state index in [-0.39, 0.29) is 5.92 Å². The number of nitriles is 1. The van der Waals surface area contributed by atoms with E-state index >= 15 is 0 Å². The molecular formula is C13H17BrN2. The first kappa shape index (κ1) is 13.1.